The van der Waals surface area contributed by atoms with Crippen LogP contribution in [-0.4, -0.2) is 20.1 Å². The zero-order valence-electron chi connectivity index (χ0n) is 6.83. The van der Waals surface area contributed by atoms with E-state index in [2.05, 4.69) is 20.9 Å². The monoisotopic (exact) mass is 128 g/mol. The van der Waals surface area contributed by atoms with Crippen LogP contribution < -0.4 is 4.90 Å². The zero-order chi connectivity index (χ0) is 6.91. The molecule has 1 heteroatoms. The number of rotatable bonds is 0. The molecular formula is C8H18N+. The smallest absolute Gasteiger partial charge is 0.0774 e. The molecule has 1 heterocycles. The summed E-state index contributed by atoms with van der Waals surface area (Å²) in [6.45, 7) is 7.48. The third-order valence-electron chi connectivity index (χ3n) is 2.46. The molecule has 1 rings (SSSR count). The van der Waals surface area contributed by atoms with E-state index >= 15 is 0 Å². The van der Waals surface area contributed by atoms with Crippen molar-refractivity contribution in [3.63, 3.8) is 0 Å². The third-order valence-corrected chi connectivity index (χ3v) is 2.46. The van der Waals surface area contributed by atoms with Crippen molar-refractivity contribution >= 4 is 0 Å². The van der Waals surface area contributed by atoms with E-state index in [0.29, 0.717) is 5.41 Å². The molecule has 9 heavy (non-hydrogen) atoms. The van der Waals surface area contributed by atoms with Crippen molar-refractivity contribution in [2.75, 3.05) is 20.1 Å². The van der Waals surface area contributed by atoms with Crippen molar-refractivity contribution in [1.82, 2.24) is 0 Å². The van der Waals surface area contributed by atoms with Crippen molar-refractivity contribution in [2.45, 2.75) is 26.7 Å². The highest BCUT2D eigenvalue weighted by atomic mass is 15.1. The number of nitrogens with one attached hydrogen (secondary N) is 1. The lowest BCUT2D eigenvalue weighted by molar-refractivity contribution is -0.887. The van der Waals surface area contributed by atoms with Crippen LogP contribution in [0.5, 0.6) is 0 Å². The second-order valence-corrected chi connectivity index (χ2v) is 4.12. The van der Waals surface area contributed by atoms with Crippen LogP contribution in [0.2, 0.25) is 0 Å². The van der Waals surface area contributed by atoms with Crippen LogP contribution >= 0.6 is 0 Å². The van der Waals surface area contributed by atoms with E-state index < -0.39 is 0 Å². The number of piperidine rings is 1. The molecule has 0 unspecified atom stereocenters. The molecule has 1 nitrogen and oxygen atoms in total. The fourth-order valence-corrected chi connectivity index (χ4v) is 1.35. The normalized spacial score (nSPS) is 28.3. The number of likely N-dealkylation sites (tertiary alicyclic amines) is 1. The lowest BCUT2D eigenvalue weighted by Gasteiger charge is -2.32. The highest BCUT2D eigenvalue weighted by Gasteiger charge is 2.25. The maximum absolute atomic E-state index is 2.37. The summed E-state index contributed by atoms with van der Waals surface area (Å²) < 4.78 is 0. The van der Waals surface area contributed by atoms with E-state index in [9.17, 15) is 0 Å². The topological polar surface area (TPSA) is 4.44 Å². The van der Waals surface area contributed by atoms with Crippen molar-refractivity contribution in [3.05, 3.63) is 0 Å². The highest BCUT2D eigenvalue weighted by molar-refractivity contribution is 4.69. The van der Waals surface area contributed by atoms with Crippen LogP contribution in [-0.2, 0) is 0 Å². The summed E-state index contributed by atoms with van der Waals surface area (Å²) in [5, 5.41) is 0. The Kier molecular flexibility index (Phi) is 1.80. The largest absolute Gasteiger partial charge is 0.337 e. The molecule has 1 aliphatic rings. The second-order valence-electron chi connectivity index (χ2n) is 4.12. The summed E-state index contributed by atoms with van der Waals surface area (Å²) in [5.41, 5.74) is 0.638. The van der Waals surface area contributed by atoms with Gasteiger partial charge < -0.3 is 4.90 Å². The van der Waals surface area contributed by atoms with Crippen molar-refractivity contribution in [1.29, 1.82) is 0 Å². The molecule has 1 aliphatic heterocycles. The Morgan fingerprint density at radius 1 is 1.11 bits per heavy atom. The molecule has 0 aromatic rings. The summed E-state index contributed by atoms with van der Waals surface area (Å²) in [4.78, 5) is 1.70. The van der Waals surface area contributed by atoms with Crippen molar-refractivity contribution in [3.8, 4) is 0 Å². The van der Waals surface area contributed by atoms with E-state index in [1.165, 1.54) is 25.9 Å². The molecule has 0 saturated carbocycles. The molecule has 0 spiro atoms. The Bertz CT molecular complexity index is 86.7. The van der Waals surface area contributed by atoms with Gasteiger partial charge in [-0.25, -0.2) is 0 Å². The highest BCUT2D eigenvalue weighted by Crippen LogP contribution is 2.24. The number of hydrogen-bond acceptors (Lipinski definition) is 0. The van der Waals surface area contributed by atoms with Crippen LogP contribution in [0.25, 0.3) is 0 Å². The Balaban J connectivity index is 2.35. The van der Waals surface area contributed by atoms with Gasteiger partial charge in [-0.3, -0.25) is 0 Å². The van der Waals surface area contributed by atoms with E-state index in [-0.39, 0.29) is 0 Å². The minimum absolute atomic E-state index is 0.638. The van der Waals surface area contributed by atoms with Gasteiger partial charge in [0, 0.05) is 12.8 Å². The fraction of sp³-hybridized carbons (Fsp3) is 1.00. The first-order valence-corrected chi connectivity index (χ1v) is 3.91. The average Bonchev–Trinajstić information content (AvgIpc) is 1.78. The predicted molar refractivity (Wildman–Crippen MR) is 39.6 cm³/mol. The number of hydrogen-bond donors (Lipinski definition) is 1. The quantitative estimate of drug-likeness (QED) is 0.479. The Morgan fingerprint density at radius 2 is 1.56 bits per heavy atom. The minimum Gasteiger partial charge on any atom is -0.337 e. The van der Waals surface area contributed by atoms with Crippen LogP contribution in [0.15, 0.2) is 0 Å². The van der Waals surface area contributed by atoms with Gasteiger partial charge >= 0.3 is 0 Å². The van der Waals surface area contributed by atoms with Crippen LogP contribution in [0.4, 0.5) is 0 Å². The molecule has 1 fully saturated rings. The Hall–Kier alpha value is -0.0400. The lowest BCUT2D eigenvalue weighted by Crippen LogP contribution is -3.10. The van der Waals surface area contributed by atoms with Gasteiger partial charge in [-0.2, -0.15) is 0 Å². The van der Waals surface area contributed by atoms with Crippen molar-refractivity contribution < 1.29 is 4.90 Å². The molecule has 0 bridgehead atoms. The van der Waals surface area contributed by atoms with E-state index in [4.69, 9.17) is 0 Å². The molecule has 54 valence electrons. The van der Waals surface area contributed by atoms with Gasteiger partial charge in [0.2, 0.25) is 0 Å². The zero-order valence-corrected chi connectivity index (χ0v) is 6.83. The van der Waals surface area contributed by atoms with Gasteiger partial charge in [0.1, 0.15) is 0 Å². The van der Waals surface area contributed by atoms with Crippen LogP contribution in [0, 0.1) is 5.41 Å². The summed E-state index contributed by atoms with van der Waals surface area (Å²) in [7, 11) is 2.29. The van der Waals surface area contributed by atoms with Gasteiger partial charge in [0.15, 0.2) is 0 Å². The lowest BCUT2D eigenvalue weighted by atomic mass is 9.83. The third kappa shape index (κ3) is 1.98. The first-order chi connectivity index (χ1) is 4.10. The molecule has 0 aromatic carbocycles. The maximum Gasteiger partial charge on any atom is 0.0774 e. The first-order valence-electron chi connectivity index (χ1n) is 3.91. The molecule has 1 N–H and O–H groups in total. The molecular weight excluding hydrogens is 110 g/mol. The summed E-state index contributed by atoms with van der Waals surface area (Å²) in [6.07, 6.45) is 2.80. The van der Waals surface area contributed by atoms with E-state index in [1.807, 2.05) is 0 Å². The van der Waals surface area contributed by atoms with Crippen molar-refractivity contribution in [2.24, 2.45) is 5.41 Å². The van der Waals surface area contributed by atoms with Crippen LogP contribution in [0.1, 0.15) is 26.7 Å². The first kappa shape index (κ1) is 7.07. The van der Waals surface area contributed by atoms with E-state index in [0.717, 1.165) is 0 Å². The Labute approximate surface area is 58.0 Å². The molecule has 1 saturated heterocycles. The summed E-state index contributed by atoms with van der Waals surface area (Å²) in [6, 6.07) is 0. The summed E-state index contributed by atoms with van der Waals surface area (Å²) in [5.74, 6) is 0. The maximum atomic E-state index is 2.37. The second kappa shape index (κ2) is 2.30. The fourth-order valence-electron chi connectivity index (χ4n) is 1.35. The molecule has 0 aliphatic carbocycles. The molecule has 0 atom stereocenters. The average molecular weight is 128 g/mol. The van der Waals surface area contributed by atoms with Crippen LogP contribution in [0.3, 0.4) is 0 Å². The molecule has 0 amide bonds. The van der Waals surface area contributed by atoms with Gasteiger partial charge in [0.25, 0.3) is 0 Å². The summed E-state index contributed by atoms with van der Waals surface area (Å²) >= 11 is 0. The SMILES string of the molecule is C[NH+]1CCC(C)(C)CC1. The van der Waals surface area contributed by atoms with Gasteiger partial charge in [-0.1, -0.05) is 13.8 Å². The minimum atomic E-state index is 0.638. The molecule has 0 aromatic heterocycles. The van der Waals surface area contributed by atoms with Gasteiger partial charge in [-0.15, -0.1) is 0 Å². The standard InChI is InChI=1S/C8H17N/c1-8(2)4-6-9(3)7-5-8/h4-7H2,1-3H3/p+1. The van der Waals surface area contributed by atoms with Gasteiger partial charge in [0.05, 0.1) is 20.1 Å². The predicted octanol–water partition coefficient (Wildman–Crippen LogP) is 0.321. The number of quaternary nitrogens is 1. The molecule has 0 radical (unpaired) electrons. The van der Waals surface area contributed by atoms with E-state index in [1.54, 1.807) is 4.90 Å². The van der Waals surface area contributed by atoms with Gasteiger partial charge in [-0.05, 0) is 5.41 Å². The Morgan fingerprint density at radius 3 is 1.89 bits per heavy atom.